The van der Waals surface area contributed by atoms with Crippen LogP contribution >= 0.6 is 0 Å². The molecule has 0 aliphatic heterocycles. The Labute approximate surface area is 109 Å². The summed E-state index contributed by atoms with van der Waals surface area (Å²) >= 11 is 0. The predicted octanol–water partition coefficient (Wildman–Crippen LogP) is 1.84. The number of hydrogen-bond donors (Lipinski definition) is 2. The molecule has 0 aromatic carbocycles. The Balaban J connectivity index is 1.75. The standard InChI is InChI=1S/C14H25N3O/c1-3-12-4-6-14(18,7-5-12)10-15-8-13-9-16-11-17(13)2/h9,11-12,15,18H,3-8,10H2,1-2H3. The SMILES string of the molecule is CCC1CCC(O)(CNCc2cncn2C)CC1. The maximum Gasteiger partial charge on any atom is 0.0945 e. The van der Waals surface area contributed by atoms with E-state index in [-0.39, 0.29) is 0 Å². The summed E-state index contributed by atoms with van der Waals surface area (Å²) in [4.78, 5) is 4.09. The van der Waals surface area contributed by atoms with Crippen LogP contribution < -0.4 is 5.32 Å². The lowest BCUT2D eigenvalue weighted by molar-refractivity contribution is -0.00889. The van der Waals surface area contributed by atoms with Gasteiger partial charge < -0.3 is 15.0 Å². The summed E-state index contributed by atoms with van der Waals surface area (Å²) in [5.74, 6) is 0.822. The molecular formula is C14H25N3O. The third-order valence-electron chi connectivity index (χ3n) is 4.29. The Kier molecular flexibility index (Phi) is 4.40. The molecule has 1 heterocycles. The van der Waals surface area contributed by atoms with E-state index in [1.807, 2.05) is 17.8 Å². The number of imidazole rings is 1. The maximum absolute atomic E-state index is 10.5. The van der Waals surface area contributed by atoms with Gasteiger partial charge in [0, 0.05) is 26.3 Å². The summed E-state index contributed by atoms with van der Waals surface area (Å²) < 4.78 is 2.00. The van der Waals surface area contributed by atoms with Crippen LogP contribution in [0.15, 0.2) is 12.5 Å². The van der Waals surface area contributed by atoms with Gasteiger partial charge in [0.05, 0.1) is 17.6 Å². The molecule has 1 aromatic rings. The average Bonchev–Trinajstić information content (AvgIpc) is 2.76. The van der Waals surface area contributed by atoms with Crippen molar-refractivity contribution in [3.05, 3.63) is 18.2 Å². The molecule has 2 rings (SSSR count). The molecule has 102 valence electrons. The predicted molar refractivity (Wildman–Crippen MR) is 72.1 cm³/mol. The molecule has 18 heavy (non-hydrogen) atoms. The molecule has 1 saturated carbocycles. The van der Waals surface area contributed by atoms with Crippen LogP contribution in [-0.4, -0.2) is 26.8 Å². The largest absolute Gasteiger partial charge is 0.389 e. The van der Waals surface area contributed by atoms with E-state index in [4.69, 9.17) is 0 Å². The highest BCUT2D eigenvalue weighted by atomic mass is 16.3. The van der Waals surface area contributed by atoms with Crippen molar-refractivity contribution >= 4 is 0 Å². The number of aromatic nitrogens is 2. The maximum atomic E-state index is 10.5. The van der Waals surface area contributed by atoms with E-state index in [2.05, 4.69) is 17.2 Å². The zero-order valence-electron chi connectivity index (χ0n) is 11.5. The molecule has 1 aliphatic rings. The first-order chi connectivity index (χ1) is 8.63. The molecule has 2 N–H and O–H groups in total. The first-order valence-corrected chi connectivity index (χ1v) is 7.01. The van der Waals surface area contributed by atoms with Crippen LogP contribution in [0.1, 0.15) is 44.7 Å². The number of rotatable bonds is 5. The lowest BCUT2D eigenvalue weighted by Gasteiger charge is -2.36. The second-order valence-corrected chi connectivity index (χ2v) is 5.68. The van der Waals surface area contributed by atoms with Gasteiger partial charge in [0.25, 0.3) is 0 Å². The van der Waals surface area contributed by atoms with E-state index < -0.39 is 5.60 Å². The monoisotopic (exact) mass is 251 g/mol. The van der Waals surface area contributed by atoms with Gasteiger partial charge >= 0.3 is 0 Å². The summed E-state index contributed by atoms with van der Waals surface area (Å²) in [6, 6.07) is 0. The average molecular weight is 251 g/mol. The van der Waals surface area contributed by atoms with E-state index >= 15 is 0 Å². The number of hydrogen-bond acceptors (Lipinski definition) is 3. The van der Waals surface area contributed by atoms with Crippen LogP contribution in [0, 0.1) is 5.92 Å². The molecule has 4 nitrogen and oxygen atoms in total. The Morgan fingerprint density at radius 1 is 1.50 bits per heavy atom. The molecule has 0 unspecified atom stereocenters. The fourth-order valence-electron chi connectivity index (χ4n) is 2.78. The topological polar surface area (TPSA) is 50.1 Å². The molecule has 0 bridgehead atoms. The van der Waals surface area contributed by atoms with Crippen molar-refractivity contribution in [1.82, 2.24) is 14.9 Å². The Morgan fingerprint density at radius 3 is 2.78 bits per heavy atom. The third-order valence-corrected chi connectivity index (χ3v) is 4.29. The number of aryl methyl sites for hydroxylation is 1. The molecule has 1 aromatic heterocycles. The second-order valence-electron chi connectivity index (χ2n) is 5.68. The zero-order chi connectivity index (χ0) is 13.0. The van der Waals surface area contributed by atoms with Crippen molar-refractivity contribution in [2.75, 3.05) is 6.54 Å². The molecule has 0 atom stereocenters. The fraction of sp³-hybridized carbons (Fsp3) is 0.786. The first-order valence-electron chi connectivity index (χ1n) is 7.01. The zero-order valence-corrected chi connectivity index (χ0v) is 11.5. The van der Waals surface area contributed by atoms with Gasteiger partial charge in [-0.25, -0.2) is 4.98 Å². The number of nitrogens with one attached hydrogen (secondary N) is 1. The number of nitrogens with zero attached hydrogens (tertiary/aromatic N) is 2. The summed E-state index contributed by atoms with van der Waals surface area (Å²) in [5.41, 5.74) is 0.658. The van der Waals surface area contributed by atoms with Gasteiger partial charge in [-0.1, -0.05) is 13.3 Å². The van der Waals surface area contributed by atoms with Crippen molar-refractivity contribution in [2.45, 2.75) is 51.2 Å². The van der Waals surface area contributed by atoms with Gasteiger partial charge in [-0.05, 0) is 31.6 Å². The van der Waals surface area contributed by atoms with E-state index in [1.165, 1.54) is 19.3 Å². The van der Waals surface area contributed by atoms with Crippen molar-refractivity contribution in [3.8, 4) is 0 Å². The fourth-order valence-corrected chi connectivity index (χ4v) is 2.78. The van der Waals surface area contributed by atoms with Crippen molar-refractivity contribution in [2.24, 2.45) is 13.0 Å². The van der Waals surface area contributed by atoms with E-state index in [9.17, 15) is 5.11 Å². The minimum Gasteiger partial charge on any atom is -0.389 e. The molecule has 0 radical (unpaired) electrons. The van der Waals surface area contributed by atoms with Crippen LogP contribution in [0.3, 0.4) is 0 Å². The lowest BCUT2D eigenvalue weighted by Crippen LogP contribution is -2.43. The molecular weight excluding hydrogens is 226 g/mol. The van der Waals surface area contributed by atoms with E-state index in [0.29, 0.717) is 6.54 Å². The van der Waals surface area contributed by atoms with Gasteiger partial charge in [-0.15, -0.1) is 0 Å². The van der Waals surface area contributed by atoms with Gasteiger partial charge in [0.15, 0.2) is 0 Å². The Bertz CT molecular complexity index is 367. The van der Waals surface area contributed by atoms with Crippen molar-refractivity contribution in [1.29, 1.82) is 0 Å². The molecule has 1 fully saturated rings. The quantitative estimate of drug-likeness (QED) is 0.839. The highest BCUT2D eigenvalue weighted by molar-refractivity contribution is 4.97. The van der Waals surface area contributed by atoms with Gasteiger partial charge in [-0.2, -0.15) is 0 Å². The van der Waals surface area contributed by atoms with Crippen LogP contribution in [0.2, 0.25) is 0 Å². The van der Waals surface area contributed by atoms with Crippen molar-refractivity contribution in [3.63, 3.8) is 0 Å². The highest BCUT2D eigenvalue weighted by Crippen LogP contribution is 2.33. The summed E-state index contributed by atoms with van der Waals surface area (Å²) in [6.07, 6.45) is 9.12. The smallest absolute Gasteiger partial charge is 0.0945 e. The molecule has 1 aliphatic carbocycles. The van der Waals surface area contributed by atoms with Crippen molar-refractivity contribution < 1.29 is 5.11 Å². The minimum absolute atomic E-state index is 0.496. The normalized spacial score (nSPS) is 28.5. The Hall–Kier alpha value is -0.870. The molecule has 4 heteroatoms. The van der Waals surface area contributed by atoms with Crippen LogP contribution in [0.25, 0.3) is 0 Å². The van der Waals surface area contributed by atoms with Gasteiger partial charge in [0.2, 0.25) is 0 Å². The molecule has 0 saturated heterocycles. The minimum atomic E-state index is -0.496. The Morgan fingerprint density at radius 2 is 2.22 bits per heavy atom. The summed E-state index contributed by atoms with van der Waals surface area (Å²) in [5, 5.41) is 13.9. The summed E-state index contributed by atoms with van der Waals surface area (Å²) in [6.45, 7) is 3.71. The lowest BCUT2D eigenvalue weighted by atomic mass is 9.78. The number of aliphatic hydroxyl groups is 1. The second kappa shape index (κ2) is 5.85. The molecule has 0 spiro atoms. The van der Waals surface area contributed by atoms with Gasteiger partial charge in [0.1, 0.15) is 0 Å². The first kappa shape index (κ1) is 13.6. The third kappa shape index (κ3) is 3.33. The van der Waals surface area contributed by atoms with Gasteiger partial charge in [-0.3, -0.25) is 0 Å². The van der Waals surface area contributed by atoms with Crippen LogP contribution in [0.4, 0.5) is 0 Å². The van der Waals surface area contributed by atoms with E-state index in [0.717, 1.165) is 31.0 Å². The van der Waals surface area contributed by atoms with Crippen LogP contribution in [-0.2, 0) is 13.6 Å². The molecule has 0 amide bonds. The van der Waals surface area contributed by atoms with E-state index in [1.54, 1.807) is 6.33 Å². The highest BCUT2D eigenvalue weighted by Gasteiger charge is 2.32. The van der Waals surface area contributed by atoms with Crippen LogP contribution in [0.5, 0.6) is 0 Å². The summed E-state index contributed by atoms with van der Waals surface area (Å²) in [7, 11) is 1.99.